The number of hydrogen-bond acceptors (Lipinski definition) is 2. The van der Waals surface area contributed by atoms with Crippen LogP contribution in [0.4, 0.5) is 5.69 Å². The summed E-state index contributed by atoms with van der Waals surface area (Å²) in [5, 5.41) is 3.79. The molecule has 0 fully saturated rings. The van der Waals surface area contributed by atoms with E-state index in [9.17, 15) is 4.79 Å². The summed E-state index contributed by atoms with van der Waals surface area (Å²) in [5.74, 6) is -0.0928. The molecule has 0 atom stereocenters. The Labute approximate surface area is 93.8 Å². The zero-order chi connectivity index (χ0) is 11.7. The number of nitrogens with one attached hydrogen (secondary N) is 2. The maximum Gasteiger partial charge on any atom is 0.267 e. The van der Waals surface area contributed by atoms with Crippen molar-refractivity contribution in [2.24, 2.45) is 0 Å². The first-order valence-corrected chi connectivity index (χ1v) is 5.25. The number of hydrogen-bond donors (Lipinski definition) is 3. The second kappa shape index (κ2) is 3.89. The smallest absolute Gasteiger partial charge is 0.267 e. The average Bonchev–Trinajstić information content (AvgIpc) is 2.59. The highest BCUT2D eigenvalue weighted by Gasteiger charge is 2.10. The molecule has 0 aliphatic heterocycles. The molecule has 1 aromatic carbocycles. The maximum absolute atomic E-state index is 11.7. The number of benzene rings is 1. The van der Waals surface area contributed by atoms with Crippen LogP contribution in [0.15, 0.2) is 24.3 Å². The van der Waals surface area contributed by atoms with Crippen LogP contribution in [0.2, 0.25) is 0 Å². The summed E-state index contributed by atoms with van der Waals surface area (Å²) in [4.78, 5) is 14.8. The molecule has 4 heteroatoms. The van der Waals surface area contributed by atoms with Gasteiger partial charge in [0.05, 0.1) is 0 Å². The number of aromatic nitrogens is 1. The Bertz CT molecular complexity index is 528. The SMILES string of the molecule is CC(C)NC(=O)c1cc2cc(N)ccc2[nH]1. The van der Waals surface area contributed by atoms with Gasteiger partial charge in [0.25, 0.3) is 5.91 Å². The maximum atomic E-state index is 11.7. The Morgan fingerprint density at radius 1 is 1.38 bits per heavy atom. The van der Waals surface area contributed by atoms with E-state index >= 15 is 0 Å². The summed E-state index contributed by atoms with van der Waals surface area (Å²) in [6, 6.07) is 7.46. The van der Waals surface area contributed by atoms with Crippen LogP contribution in [-0.2, 0) is 0 Å². The molecular formula is C12H15N3O. The average molecular weight is 217 g/mol. The van der Waals surface area contributed by atoms with Gasteiger partial charge in [0.1, 0.15) is 5.69 Å². The van der Waals surface area contributed by atoms with Gasteiger partial charge in [-0.25, -0.2) is 0 Å². The van der Waals surface area contributed by atoms with Gasteiger partial charge in [-0.15, -0.1) is 0 Å². The van der Waals surface area contributed by atoms with Crippen molar-refractivity contribution in [3.8, 4) is 0 Å². The number of carbonyl (C=O) groups is 1. The minimum absolute atomic E-state index is 0.0928. The Morgan fingerprint density at radius 3 is 2.81 bits per heavy atom. The highest BCUT2D eigenvalue weighted by molar-refractivity contribution is 5.98. The first-order valence-electron chi connectivity index (χ1n) is 5.25. The van der Waals surface area contributed by atoms with E-state index in [1.165, 1.54) is 0 Å². The Morgan fingerprint density at radius 2 is 2.12 bits per heavy atom. The topological polar surface area (TPSA) is 70.9 Å². The van der Waals surface area contributed by atoms with Crippen molar-refractivity contribution in [3.05, 3.63) is 30.0 Å². The molecule has 0 radical (unpaired) electrons. The molecule has 0 saturated carbocycles. The van der Waals surface area contributed by atoms with Crippen molar-refractivity contribution in [1.82, 2.24) is 10.3 Å². The summed E-state index contributed by atoms with van der Waals surface area (Å²) in [5.41, 5.74) is 7.86. The van der Waals surface area contributed by atoms with E-state index < -0.39 is 0 Å². The third kappa shape index (κ3) is 2.00. The summed E-state index contributed by atoms with van der Waals surface area (Å²) in [6.07, 6.45) is 0. The van der Waals surface area contributed by atoms with Crippen molar-refractivity contribution in [3.63, 3.8) is 0 Å². The van der Waals surface area contributed by atoms with Gasteiger partial charge in [0.15, 0.2) is 0 Å². The summed E-state index contributed by atoms with van der Waals surface area (Å²) < 4.78 is 0. The van der Waals surface area contributed by atoms with Crippen LogP contribution in [0.1, 0.15) is 24.3 Å². The van der Waals surface area contributed by atoms with E-state index in [4.69, 9.17) is 5.73 Å². The normalized spacial score (nSPS) is 10.9. The number of amides is 1. The van der Waals surface area contributed by atoms with Gasteiger partial charge in [0.2, 0.25) is 0 Å². The number of fused-ring (bicyclic) bond motifs is 1. The molecule has 0 saturated heterocycles. The molecule has 1 aromatic heterocycles. The molecule has 0 spiro atoms. The first-order chi connectivity index (χ1) is 7.56. The molecule has 0 bridgehead atoms. The number of aromatic amines is 1. The standard InChI is InChI=1S/C12H15N3O/c1-7(2)14-12(16)11-6-8-5-9(13)3-4-10(8)15-11/h3-7,15H,13H2,1-2H3,(H,14,16). The second-order valence-corrected chi connectivity index (χ2v) is 4.16. The summed E-state index contributed by atoms with van der Waals surface area (Å²) in [7, 11) is 0. The van der Waals surface area contributed by atoms with Gasteiger partial charge in [-0.05, 0) is 38.1 Å². The van der Waals surface area contributed by atoms with Crippen molar-refractivity contribution in [2.75, 3.05) is 5.73 Å². The van der Waals surface area contributed by atoms with E-state index in [0.717, 1.165) is 10.9 Å². The zero-order valence-electron chi connectivity index (χ0n) is 9.37. The monoisotopic (exact) mass is 217 g/mol. The molecule has 2 rings (SSSR count). The minimum Gasteiger partial charge on any atom is -0.399 e. The van der Waals surface area contributed by atoms with Crippen molar-refractivity contribution >= 4 is 22.5 Å². The quantitative estimate of drug-likeness (QED) is 0.672. The summed E-state index contributed by atoms with van der Waals surface area (Å²) >= 11 is 0. The minimum atomic E-state index is -0.0928. The van der Waals surface area contributed by atoms with Gasteiger partial charge in [0, 0.05) is 22.6 Å². The number of H-pyrrole nitrogens is 1. The van der Waals surface area contributed by atoms with Gasteiger partial charge in [-0.1, -0.05) is 0 Å². The Kier molecular flexibility index (Phi) is 2.56. The predicted molar refractivity (Wildman–Crippen MR) is 65.3 cm³/mol. The lowest BCUT2D eigenvalue weighted by Crippen LogP contribution is -2.30. The second-order valence-electron chi connectivity index (χ2n) is 4.16. The lowest BCUT2D eigenvalue weighted by Gasteiger charge is -2.05. The molecule has 0 aliphatic rings. The van der Waals surface area contributed by atoms with Gasteiger partial charge in [-0.2, -0.15) is 0 Å². The van der Waals surface area contributed by atoms with Crippen LogP contribution in [0.5, 0.6) is 0 Å². The number of rotatable bonds is 2. The van der Waals surface area contributed by atoms with E-state index in [0.29, 0.717) is 11.4 Å². The van der Waals surface area contributed by atoms with Crippen LogP contribution in [0, 0.1) is 0 Å². The molecule has 0 aliphatic carbocycles. The zero-order valence-corrected chi connectivity index (χ0v) is 9.37. The van der Waals surface area contributed by atoms with Crippen LogP contribution < -0.4 is 11.1 Å². The molecule has 4 nitrogen and oxygen atoms in total. The summed E-state index contributed by atoms with van der Waals surface area (Å²) in [6.45, 7) is 3.86. The van der Waals surface area contributed by atoms with E-state index in [1.807, 2.05) is 38.1 Å². The van der Waals surface area contributed by atoms with E-state index in [1.54, 1.807) is 0 Å². The van der Waals surface area contributed by atoms with Crippen LogP contribution >= 0.6 is 0 Å². The third-order valence-electron chi connectivity index (χ3n) is 2.31. The van der Waals surface area contributed by atoms with Gasteiger partial charge >= 0.3 is 0 Å². The first kappa shape index (κ1) is 10.5. The van der Waals surface area contributed by atoms with Crippen LogP contribution in [-0.4, -0.2) is 16.9 Å². The number of anilines is 1. The highest BCUT2D eigenvalue weighted by Crippen LogP contribution is 2.18. The fourth-order valence-electron chi connectivity index (χ4n) is 1.61. The molecule has 16 heavy (non-hydrogen) atoms. The molecule has 1 amide bonds. The lowest BCUT2D eigenvalue weighted by atomic mass is 10.2. The van der Waals surface area contributed by atoms with Crippen LogP contribution in [0.25, 0.3) is 10.9 Å². The molecule has 84 valence electrons. The number of nitrogens with two attached hydrogens (primary N) is 1. The van der Waals surface area contributed by atoms with E-state index in [2.05, 4.69) is 10.3 Å². The Balaban J connectivity index is 2.36. The van der Waals surface area contributed by atoms with Crippen molar-refractivity contribution in [1.29, 1.82) is 0 Å². The number of nitrogen functional groups attached to an aromatic ring is 1. The largest absolute Gasteiger partial charge is 0.399 e. The lowest BCUT2D eigenvalue weighted by molar-refractivity contribution is 0.0939. The van der Waals surface area contributed by atoms with Crippen molar-refractivity contribution < 1.29 is 4.79 Å². The van der Waals surface area contributed by atoms with Gasteiger partial charge in [-0.3, -0.25) is 4.79 Å². The highest BCUT2D eigenvalue weighted by atomic mass is 16.1. The van der Waals surface area contributed by atoms with Crippen LogP contribution in [0.3, 0.4) is 0 Å². The van der Waals surface area contributed by atoms with E-state index in [-0.39, 0.29) is 11.9 Å². The Hall–Kier alpha value is -1.97. The molecular weight excluding hydrogens is 202 g/mol. The molecule has 1 heterocycles. The third-order valence-corrected chi connectivity index (χ3v) is 2.31. The fraction of sp³-hybridized carbons (Fsp3) is 0.250. The molecule has 0 unspecified atom stereocenters. The predicted octanol–water partition coefficient (Wildman–Crippen LogP) is 1.89. The van der Waals surface area contributed by atoms with Gasteiger partial charge < -0.3 is 16.0 Å². The fourth-order valence-corrected chi connectivity index (χ4v) is 1.61. The molecule has 4 N–H and O–H groups in total. The number of carbonyl (C=O) groups excluding carboxylic acids is 1. The molecule has 2 aromatic rings. The van der Waals surface area contributed by atoms with Crippen molar-refractivity contribution in [2.45, 2.75) is 19.9 Å².